The second-order valence-corrected chi connectivity index (χ2v) is 19.0. The molecule has 6 unspecified atom stereocenters. The number of hydrogen-bond donors (Lipinski definition) is 12. The minimum atomic E-state index is -2.24. The van der Waals surface area contributed by atoms with E-state index in [1.54, 1.807) is 67.3 Å². The number of allylic oxidation sites excluding steroid dienone is 12. The Kier molecular flexibility index (Phi) is 27.2. The number of cyclic esters (lactones) is 1. The minimum absolute atomic E-state index is 0.0851. The first-order valence-corrected chi connectivity index (χ1v) is 24.9. The van der Waals surface area contributed by atoms with Crippen LogP contribution in [0.3, 0.4) is 0 Å². The number of thioether (sulfide) groups is 1. The minimum Gasteiger partial charge on any atom is -0.462 e. The van der Waals surface area contributed by atoms with Crippen LogP contribution in [0.2, 0.25) is 0 Å². The smallest absolute Gasteiger partial charge is 0.308 e. The standard InChI is InChI=1S/C49H78N2O16S/c1-31-17-14-12-10-8-6-4-5-7-9-11-13-15-18-36(66-48-46(61)45(50)41(59)30-64-48)27-42-44(47(62)51-21-16-22-68-3)40(58)29-49(63,67-42)28-35(54)25-39(57)37(55)20-19-33(52)24-34(53)26-43(60)65-32(2)23-38(31)56/h4-15,17-18,31-42,44-46,48,52-59,61,63H,16,19-30,50H2,1-3H3,(H,51,62)/b5-4+,8-6+,9-7+,12-10+,13-11+,17-14+,18-15+/t31-,32-,33?,34?,35-,36?,37?,38-,39?,40-,41+,42-,44+,45-,46-,48-,49?/m0/s1. The highest BCUT2D eigenvalue weighted by atomic mass is 32.2. The van der Waals surface area contributed by atoms with Crippen molar-refractivity contribution in [2.45, 2.75) is 169 Å². The summed E-state index contributed by atoms with van der Waals surface area (Å²) in [6.45, 7) is 3.53. The molecular formula is C49H78N2O16S. The van der Waals surface area contributed by atoms with Crippen LogP contribution in [0.4, 0.5) is 0 Å². The number of amides is 1. The van der Waals surface area contributed by atoms with Gasteiger partial charge in [0.15, 0.2) is 12.1 Å². The molecule has 0 saturated carbocycles. The summed E-state index contributed by atoms with van der Waals surface area (Å²) in [7, 11) is 0. The van der Waals surface area contributed by atoms with Crippen molar-refractivity contribution >= 4 is 23.6 Å². The van der Waals surface area contributed by atoms with E-state index in [0.717, 1.165) is 5.75 Å². The van der Waals surface area contributed by atoms with Gasteiger partial charge in [-0.2, -0.15) is 11.8 Å². The average Bonchev–Trinajstić information content (AvgIpc) is 3.26. The number of fused-ring (bicyclic) bond motifs is 2. The third-order valence-corrected chi connectivity index (χ3v) is 12.6. The average molecular weight is 983 g/mol. The zero-order chi connectivity index (χ0) is 50.2. The molecule has 1 amide bonds. The fourth-order valence-electron chi connectivity index (χ4n) is 8.06. The third-order valence-electron chi connectivity index (χ3n) is 11.9. The van der Waals surface area contributed by atoms with E-state index in [0.29, 0.717) is 13.0 Å². The van der Waals surface area contributed by atoms with E-state index in [9.17, 15) is 60.7 Å². The van der Waals surface area contributed by atoms with Gasteiger partial charge in [0.05, 0.1) is 86.0 Å². The number of aliphatic hydroxyl groups is 10. The zero-order valence-electron chi connectivity index (χ0n) is 39.4. The third kappa shape index (κ3) is 21.9. The molecule has 18 nitrogen and oxygen atoms in total. The summed E-state index contributed by atoms with van der Waals surface area (Å²) in [6, 6.07) is -1.10. The molecule has 2 fully saturated rings. The Balaban J connectivity index is 1.89. The Morgan fingerprint density at radius 2 is 1.37 bits per heavy atom. The number of carbonyl (C=O) groups is 2. The van der Waals surface area contributed by atoms with Crippen LogP contribution in [0.1, 0.15) is 78.1 Å². The fraction of sp³-hybridized carbons (Fsp3) is 0.673. The van der Waals surface area contributed by atoms with Crippen molar-refractivity contribution in [2.75, 3.05) is 25.2 Å². The van der Waals surface area contributed by atoms with Crippen molar-refractivity contribution in [3.05, 3.63) is 85.1 Å². The van der Waals surface area contributed by atoms with Gasteiger partial charge in [0, 0.05) is 44.6 Å². The number of hydrogen-bond acceptors (Lipinski definition) is 18. The van der Waals surface area contributed by atoms with Gasteiger partial charge in [-0.25, -0.2) is 0 Å². The van der Waals surface area contributed by atoms with Gasteiger partial charge in [-0.3, -0.25) is 9.59 Å². The number of nitrogens with two attached hydrogens (primary N) is 1. The number of nitrogens with one attached hydrogen (secondary N) is 1. The van der Waals surface area contributed by atoms with Crippen molar-refractivity contribution in [3.8, 4) is 0 Å². The maximum absolute atomic E-state index is 13.7. The predicted octanol–water partition coefficient (Wildman–Crippen LogP) is 0.862. The Morgan fingerprint density at radius 1 is 0.750 bits per heavy atom. The predicted molar refractivity (Wildman–Crippen MR) is 256 cm³/mol. The molecule has 0 aromatic rings. The number of rotatable bonds is 7. The van der Waals surface area contributed by atoms with Crippen molar-refractivity contribution in [3.63, 3.8) is 0 Å². The Hall–Kier alpha value is -3.09. The van der Waals surface area contributed by atoms with E-state index in [4.69, 9.17) is 24.7 Å². The van der Waals surface area contributed by atoms with E-state index in [-0.39, 0.29) is 44.6 Å². The molecule has 2 saturated heterocycles. The van der Waals surface area contributed by atoms with E-state index in [1.165, 1.54) is 0 Å². The summed E-state index contributed by atoms with van der Waals surface area (Å²) < 4.78 is 23.3. The molecule has 386 valence electrons. The molecule has 19 heteroatoms. The van der Waals surface area contributed by atoms with Gasteiger partial charge in [0.25, 0.3) is 0 Å². The maximum Gasteiger partial charge on any atom is 0.308 e. The van der Waals surface area contributed by atoms with Gasteiger partial charge < -0.3 is 81.1 Å². The fourth-order valence-corrected chi connectivity index (χ4v) is 8.49. The van der Waals surface area contributed by atoms with E-state index in [2.05, 4.69) is 5.32 Å². The summed E-state index contributed by atoms with van der Waals surface area (Å²) in [5.41, 5.74) is 6.01. The molecule has 17 atom stereocenters. The molecule has 3 aliphatic heterocycles. The highest BCUT2D eigenvalue weighted by molar-refractivity contribution is 7.98. The lowest BCUT2D eigenvalue weighted by Gasteiger charge is -2.45. The molecule has 0 spiro atoms. The lowest BCUT2D eigenvalue weighted by Crippen LogP contribution is -2.59. The Morgan fingerprint density at radius 3 is 2.00 bits per heavy atom. The molecule has 2 bridgehead atoms. The topological polar surface area (TPSA) is 311 Å². The Labute approximate surface area is 404 Å². The molecule has 3 aliphatic rings. The first-order chi connectivity index (χ1) is 32.3. The van der Waals surface area contributed by atoms with Gasteiger partial charge in [0.1, 0.15) is 12.2 Å². The molecule has 3 heterocycles. The quantitative estimate of drug-likeness (QED) is 0.124. The summed E-state index contributed by atoms with van der Waals surface area (Å²) in [6.07, 6.45) is 8.81. The summed E-state index contributed by atoms with van der Waals surface area (Å²) in [5, 5.41) is 112. The number of esters is 1. The first-order valence-electron chi connectivity index (χ1n) is 23.5. The molecular weight excluding hydrogens is 905 g/mol. The van der Waals surface area contributed by atoms with Crippen molar-refractivity contribution in [1.82, 2.24) is 5.32 Å². The number of aliphatic hydroxyl groups excluding tert-OH is 9. The molecule has 13 N–H and O–H groups in total. The van der Waals surface area contributed by atoms with Crippen molar-refractivity contribution in [1.29, 1.82) is 0 Å². The molecule has 0 aromatic heterocycles. The molecule has 3 rings (SSSR count). The van der Waals surface area contributed by atoms with Crippen LogP contribution in [0.5, 0.6) is 0 Å². The highest BCUT2D eigenvalue weighted by Gasteiger charge is 2.50. The number of carbonyl (C=O) groups excluding carboxylic acids is 2. The van der Waals surface area contributed by atoms with Crippen LogP contribution in [-0.4, -0.2) is 179 Å². The lowest BCUT2D eigenvalue weighted by molar-refractivity contribution is -0.304. The maximum atomic E-state index is 13.7. The second-order valence-electron chi connectivity index (χ2n) is 18.0. The van der Waals surface area contributed by atoms with Crippen molar-refractivity contribution in [2.24, 2.45) is 17.6 Å². The zero-order valence-corrected chi connectivity index (χ0v) is 40.2. The second kappa shape index (κ2) is 31.3. The lowest BCUT2D eigenvalue weighted by atomic mass is 9.82. The van der Waals surface area contributed by atoms with Crippen LogP contribution in [-0.2, 0) is 28.5 Å². The molecule has 68 heavy (non-hydrogen) atoms. The van der Waals surface area contributed by atoms with Gasteiger partial charge in [0.2, 0.25) is 5.91 Å². The van der Waals surface area contributed by atoms with Gasteiger partial charge in [-0.05, 0) is 44.6 Å². The van der Waals surface area contributed by atoms with Crippen LogP contribution in [0, 0.1) is 11.8 Å². The summed E-state index contributed by atoms with van der Waals surface area (Å²) in [5.74, 6) is -4.23. The molecule has 0 aromatic carbocycles. The highest BCUT2D eigenvalue weighted by Crippen LogP contribution is 2.38. The first kappa shape index (κ1) is 59.2. The number of ether oxygens (including phenoxy) is 4. The van der Waals surface area contributed by atoms with Crippen molar-refractivity contribution < 1.29 is 79.6 Å². The van der Waals surface area contributed by atoms with Gasteiger partial charge in [-0.15, -0.1) is 0 Å². The normalized spacial score (nSPS) is 41.8. The molecule has 0 radical (unpaired) electrons. The van der Waals surface area contributed by atoms with Crippen LogP contribution in [0.25, 0.3) is 0 Å². The van der Waals surface area contributed by atoms with Gasteiger partial charge >= 0.3 is 5.97 Å². The van der Waals surface area contributed by atoms with E-state index in [1.807, 2.05) is 49.6 Å². The van der Waals surface area contributed by atoms with Gasteiger partial charge in [-0.1, -0.05) is 92.0 Å². The van der Waals surface area contributed by atoms with E-state index < -0.39 is 135 Å². The van der Waals surface area contributed by atoms with Crippen LogP contribution < -0.4 is 11.1 Å². The van der Waals surface area contributed by atoms with E-state index >= 15 is 0 Å². The Bertz CT molecular complexity index is 1690. The monoisotopic (exact) mass is 983 g/mol. The summed E-state index contributed by atoms with van der Waals surface area (Å²) in [4.78, 5) is 26.2. The largest absolute Gasteiger partial charge is 0.462 e. The SMILES string of the molecule is CSCCCNC(=O)[C@H]1[C@@H]2CC(O[C@@H]3OC[C@@H](O)[C@H](N)[C@@H]3O)/C=C/C=C/C=C/C=C/C=C/C=C/C=C/[C@H](C)[C@@H](O)C[C@H](C)OC(=O)CC(O)CC(O)CCC(O)C(O)C[C@H](O)CC(O)(C[C@@H]1O)O2. The van der Waals surface area contributed by atoms with Crippen LogP contribution >= 0.6 is 11.8 Å². The molecule has 0 aliphatic carbocycles. The van der Waals surface area contributed by atoms with Crippen LogP contribution in [0.15, 0.2) is 85.1 Å². The summed E-state index contributed by atoms with van der Waals surface area (Å²) >= 11 is 1.60.